The van der Waals surface area contributed by atoms with Crippen LogP contribution in [-0.2, 0) is 4.79 Å². The largest absolute Gasteiger partial charge is 0.398 e. The van der Waals surface area contributed by atoms with Crippen LogP contribution < -0.4 is 11.1 Å². The van der Waals surface area contributed by atoms with E-state index in [4.69, 9.17) is 5.73 Å². The highest BCUT2D eigenvalue weighted by atomic mass is 79.9. The zero-order valence-corrected chi connectivity index (χ0v) is 10.0. The molecule has 3 nitrogen and oxygen atoms in total. The number of benzene rings is 1. The van der Waals surface area contributed by atoms with Crippen LogP contribution in [0.2, 0.25) is 0 Å². The first-order valence-electron chi connectivity index (χ1n) is 4.92. The Morgan fingerprint density at radius 3 is 2.87 bits per heavy atom. The Balaban J connectivity index is 2.36. The molecule has 1 aromatic carbocycles. The molecular weight excluding hydrogens is 256 g/mol. The van der Waals surface area contributed by atoms with Gasteiger partial charge in [-0.15, -0.1) is 0 Å². The number of hydrogen-bond acceptors (Lipinski definition) is 2. The zero-order chi connectivity index (χ0) is 11.0. The molecule has 2 atom stereocenters. The van der Waals surface area contributed by atoms with Crippen molar-refractivity contribution in [2.24, 2.45) is 5.92 Å². The minimum atomic E-state index is 0.0509. The summed E-state index contributed by atoms with van der Waals surface area (Å²) in [6, 6.07) is 5.79. The third-order valence-corrected chi connectivity index (χ3v) is 3.27. The van der Waals surface area contributed by atoms with Crippen LogP contribution in [0.25, 0.3) is 0 Å². The zero-order valence-electron chi connectivity index (χ0n) is 8.46. The summed E-state index contributed by atoms with van der Waals surface area (Å²) >= 11 is 3.41. The molecule has 0 bridgehead atoms. The van der Waals surface area contributed by atoms with Gasteiger partial charge in [0, 0.05) is 16.6 Å². The number of rotatable bonds is 1. The fourth-order valence-electron chi connectivity index (χ4n) is 1.98. The maximum Gasteiger partial charge on any atom is 0.220 e. The van der Waals surface area contributed by atoms with Gasteiger partial charge >= 0.3 is 0 Å². The van der Waals surface area contributed by atoms with Crippen molar-refractivity contribution in [2.75, 3.05) is 5.73 Å². The van der Waals surface area contributed by atoms with E-state index in [1.54, 1.807) is 0 Å². The monoisotopic (exact) mass is 268 g/mol. The Bertz CT molecular complexity index is 406. The molecule has 1 fully saturated rings. The predicted octanol–water partition coefficient (Wildman–Crippen LogP) is 2.23. The Morgan fingerprint density at radius 1 is 1.53 bits per heavy atom. The molecule has 1 aliphatic rings. The van der Waals surface area contributed by atoms with Crippen molar-refractivity contribution < 1.29 is 4.79 Å². The number of carbonyl (C=O) groups is 1. The molecule has 1 aliphatic heterocycles. The van der Waals surface area contributed by atoms with Gasteiger partial charge in [0.15, 0.2) is 0 Å². The van der Waals surface area contributed by atoms with Crippen molar-refractivity contribution in [3.05, 3.63) is 28.2 Å². The number of carbonyl (C=O) groups excluding carboxylic acids is 1. The minimum Gasteiger partial charge on any atom is -0.398 e. The molecule has 15 heavy (non-hydrogen) atoms. The number of amides is 1. The van der Waals surface area contributed by atoms with Gasteiger partial charge in [-0.05, 0) is 29.7 Å². The van der Waals surface area contributed by atoms with Crippen LogP contribution in [0.3, 0.4) is 0 Å². The number of hydrogen-bond donors (Lipinski definition) is 2. The standard InChI is InChI=1S/C11H13BrN2O/c1-6-4-10(15)14-11(6)8-5-7(12)2-3-9(8)13/h2-3,5-6,11H,4,13H2,1H3,(H,14,15)/t6-,11+/m1/s1. The van der Waals surface area contributed by atoms with Crippen LogP contribution in [0.15, 0.2) is 22.7 Å². The molecule has 0 radical (unpaired) electrons. The summed E-state index contributed by atoms with van der Waals surface area (Å²) in [6.07, 6.45) is 0.580. The third kappa shape index (κ3) is 2.00. The van der Waals surface area contributed by atoms with Crippen LogP contribution in [0.1, 0.15) is 24.9 Å². The van der Waals surface area contributed by atoms with Gasteiger partial charge in [0.1, 0.15) is 0 Å². The molecule has 80 valence electrons. The van der Waals surface area contributed by atoms with E-state index in [-0.39, 0.29) is 11.9 Å². The van der Waals surface area contributed by atoms with Gasteiger partial charge in [-0.25, -0.2) is 0 Å². The second kappa shape index (κ2) is 3.85. The topological polar surface area (TPSA) is 55.1 Å². The molecule has 2 rings (SSSR count). The molecule has 0 aromatic heterocycles. The van der Waals surface area contributed by atoms with E-state index >= 15 is 0 Å². The highest BCUT2D eigenvalue weighted by molar-refractivity contribution is 9.10. The van der Waals surface area contributed by atoms with Crippen molar-refractivity contribution >= 4 is 27.5 Å². The summed E-state index contributed by atoms with van der Waals surface area (Å²) in [4.78, 5) is 11.3. The van der Waals surface area contributed by atoms with Gasteiger partial charge in [0.2, 0.25) is 5.91 Å². The van der Waals surface area contributed by atoms with Crippen LogP contribution in [-0.4, -0.2) is 5.91 Å². The highest BCUT2D eigenvalue weighted by Gasteiger charge is 2.31. The van der Waals surface area contributed by atoms with Gasteiger partial charge in [-0.1, -0.05) is 22.9 Å². The summed E-state index contributed by atoms with van der Waals surface area (Å²) < 4.78 is 0.986. The quantitative estimate of drug-likeness (QED) is 0.768. The Labute approximate surface area is 97.2 Å². The first kappa shape index (κ1) is 10.5. The van der Waals surface area contributed by atoms with E-state index in [1.807, 2.05) is 18.2 Å². The van der Waals surface area contributed by atoms with Gasteiger partial charge in [-0.2, -0.15) is 0 Å². The first-order chi connectivity index (χ1) is 7.08. The predicted molar refractivity (Wildman–Crippen MR) is 63.2 cm³/mol. The molecule has 1 amide bonds. The summed E-state index contributed by atoms with van der Waals surface area (Å²) in [6.45, 7) is 2.06. The average molecular weight is 269 g/mol. The molecule has 3 N–H and O–H groups in total. The second-order valence-electron chi connectivity index (χ2n) is 4.00. The highest BCUT2D eigenvalue weighted by Crippen LogP contribution is 2.34. The summed E-state index contributed by atoms with van der Waals surface area (Å²) in [5, 5.41) is 2.95. The van der Waals surface area contributed by atoms with Crippen LogP contribution in [0, 0.1) is 5.92 Å². The van der Waals surface area contributed by atoms with E-state index in [1.165, 1.54) is 0 Å². The summed E-state index contributed by atoms with van der Waals surface area (Å²) in [5.41, 5.74) is 7.64. The first-order valence-corrected chi connectivity index (χ1v) is 5.71. The van der Waals surface area contributed by atoms with Crippen LogP contribution in [0.5, 0.6) is 0 Å². The van der Waals surface area contributed by atoms with Crippen molar-refractivity contribution in [1.82, 2.24) is 5.32 Å². The number of nitrogen functional groups attached to an aromatic ring is 1. The van der Waals surface area contributed by atoms with Crippen molar-refractivity contribution in [2.45, 2.75) is 19.4 Å². The maximum atomic E-state index is 11.3. The Hall–Kier alpha value is -1.03. The third-order valence-electron chi connectivity index (χ3n) is 2.78. The number of nitrogens with two attached hydrogens (primary N) is 1. The van der Waals surface area contributed by atoms with Gasteiger partial charge in [0.25, 0.3) is 0 Å². The molecular formula is C11H13BrN2O. The van der Waals surface area contributed by atoms with Crippen molar-refractivity contribution in [3.8, 4) is 0 Å². The lowest BCUT2D eigenvalue weighted by molar-refractivity contribution is -0.119. The van der Waals surface area contributed by atoms with E-state index in [9.17, 15) is 4.79 Å². The van der Waals surface area contributed by atoms with E-state index in [0.29, 0.717) is 12.3 Å². The molecule has 1 heterocycles. The molecule has 4 heteroatoms. The summed E-state index contributed by atoms with van der Waals surface area (Å²) in [7, 11) is 0. The fraction of sp³-hybridized carbons (Fsp3) is 0.364. The summed E-state index contributed by atoms with van der Waals surface area (Å²) in [5.74, 6) is 0.404. The molecule has 0 spiro atoms. The van der Waals surface area contributed by atoms with E-state index < -0.39 is 0 Å². The SMILES string of the molecule is C[C@@H]1CC(=O)N[C@@H]1c1cc(Br)ccc1N. The maximum absolute atomic E-state index is 11.3. The molecule has 0 saturated carbocycles. The molecule has 1 saturated heterocycles. The minimum absolute atomic E-state index is 0.0509. The molecule has 0 unspecified atom stereocenters. The lowest BCUT2D eigenvalue weighted by Crippen LogP contribution is -2.21. The molecule has 1 aromatic rings. The van der Waals surface area contributed by atoms with Crippen LogP contribution in [0.4, 0.5) is 5.69 Å². The van der Waals surface area contributed by atoms with Gasteiger partial charge < -0.3 is 11.1 Å². The van der Waals surface area contributed by atoms with Crippen LogP contribution >= 0.6 is 15.9 Å². The van der Waals surface area contributed by atoms with Crippen molar-refractivity contribution in [1.29, 1.82) is 0 Å². The number of nitrogens with one attached hydrogen (secondary N) is 1. The van der Waals surface area contributed by atoms with E-state index in [0.717, 1.165) is 15.7 Å². The Kier molecular flexibility index (Phi) is 2.69. The normalized spacial score (nSPS) is 25.3. The Morgan fingerprint density at radius 2 is 2.27 bits per heavy atom. The van der Waals surface area contributed by atoms with E-state index in [2.05, 4.69) is 28.2 Å². The lowest BCUT2D eigenvalue weighted by Gasteiger charge is -2.17. The lowest BCUT2D eigenvalue weighted by atomic mass is 9.95. The number of halogens is 1. The van der Waals surface area contributed by atoms with Gasteiger partial charge in [-0.3, -0.25) is 4.79 Å². The second-order valence-corrected chi connectivity index (χ2v) is 4.92. The molecule has 0 aliphatic carbocycles. The smallest absolute Gasteiger partial charge is 0.220 e. The van der Waals surface area contributed by atoms with Crippen molar-refractivity contribution in [3.63, 3.8) is 0 Å². The average Bonchev–Trinajstić information content (AvgIpc) is 2.50. The number of anilines is 1. The van der Waals surface area contributed by atoms with Gasteiger partial charge in [0.05, 0.1) is 6.04 Å². The fourth-order valence-corrected chi connectivity index (χ4v) is 2.36.